The fourth-order valence-electron chi connectivity index (χ4n) is 2.62. The van der Waals surface area contributed by atoms with Gasteiger partial charge in [0.2, 0.25) is 11.8 Å². The number of hydrogen-bond donors (Lipinski definition) is 2. The molecule has 1 aromatic heterocycles. The summed E-state index contributed by atoms with van der Waals surface area (Å²) in [5.74, 6) is 1.05. The molecule has 2 aromatic rings. The first-order valence-electron chi connectivity index (χ1n) is 8.79. The number of benzene rings is 1. The van der Waals surface area contributed by atoms with E-state index in [2.05, 4.69) is 15.6 Å². The molecule has 2 amide bonds. The summed E-state index contributed by atoms with van der Waals surface area (Å²) in [6.07, 6.45) is 4.09. The van der Waals surface area contributed by atoms with Crippen LogP contribution in [0.4, 0.5) is 0 Å². The van der Waals surface area contributed by atoms with Crippen LogP contribution in [-0.2, 0) is 11.3 Å². The first kappa shape index (κ1) is 21.6. The molecule has 1 unspecified atom stereocenters. The highest BCUT2D eigenvalue weighted by molar-refractivity contribution is 7.98. The van der Waals surface area contributed by atoms with Gasteiger partial charge in [-0.2, -0.15) is 11.8 Å². The van der Waals surface area contributed by atoms with Crippen molar-refractivity contribution in [3.05, 3.63) is 53.7 Å². The molecule has 0 aliphatic rings. The molecule has 2 rings (SSSR count). The number of rotatable bonds is 10. The molecule has 0 fully saturated rings. The molecule has 0 aliphatic carbocycles. The lowest BCUT2D eigenvalue weighted by Gasteiger charge is -2.19. The fraction of sp³-hybridized carbons (Fsp3) is 0.350. The third-order valence-corrected chi connectivity index (χ3v) is 4.72. The predicted octanol–water partition coefficient (Wildman–Crippen LogP) is 2.27. The molecule has 0 saturated carbocycles. The van der Waals surface area contributed by atoms with E-state index in [1.54, 1.807) is 48.3 Å². The lowest BCUT2D eigenvalue weighted by Crippen LogP contribution is -2.47. The van der Waals surface area contributed by atoms with E-state index in [1.165, 1.54) is 14.2 Å². The van der Waals surface area contributed by atoms with E-state index in [-0.39, 0.29) is 18.4 Å². The molecule has 1 heterocycles. The number of methoxy groups -OCH3 is 2. The van der Waals surface area contributed by atoms with Crippen molar-refractivity contribution in [3.8, 4) is 11.6 Å². The van der Waals surface area contributed by atoms with Crippen LogP contribution in [0.15, 0.2) is 42.6 Å². The van der Waals surface area contributed by atoms with Gasteiger partial charge in [0, 0.05) is 18.3 Å². The number of nitrogens with zero attached hydrogens (tertiary/aromatic N) is 1. The van der Waals surface area contributed by atoms with E-state index >= 15 is 0 Å². The number of ether oxygens (including phenoxy) is 2. The highest BCUT2D eigenvalue weighted by Crippen LogP contribution is 2.18. The Morgan fingerprint density at radius 2 is 1.93 bits per heavy atom. The lowest BCUT2D eigenvalue weighted by atomic mass is 10.1. The average molecular weight is 404 g/mol. The standard InChI is InChI=1S/C20H25N3O4S/c1-26-17-9-5-4-8-15(17)18(24)23-16(10-12-28-3)19(25)22-13-14-7-6-11-21-20(14)27-2/h4-9,11,16H,10,12-13H2,1-3H3,(H,22,25)(H,23,24). The lowest BCUT2D eigenvalue weighted by molar-refractivity contribution is -0.123. The third-order valence-electron chi connectivity index (χ3n) is 4.08. The van der Waals surface area contributed by atoms with Crippen molar-refractivity contribution in [3.63, 3.8) is 0 Å². The quantitative estimate of drug-likeness (QED) is 0.633. The Balaban J connectivity index is 2.07. The summed E-state index contributed by atoms with van der Waals surface area (Å²) in [4.78, 5) is 29.5. The number of thioether (sulfide) groups is 1. The maximum atomic E-state index is 12.7. The highest BCUT2D eigenvalue weighted by atomic mass is 32.2. The van der Waals surface area contributed by atoms with Crippen molar-refractivity contribution in [2.24, 2.45) is 0 Å². The molecular weight excluding hydrogens is 378 g/mol. The van der Waals surface area contributed by atoms with Gasteiger partial charge in [-0.15, -0.1) is 0 Å². The Labute approximate surface area is 169 Å². The van der Waals surface area contributed by atoms with Gasteiger partial charge in [0.05, 0.1) is 19.8 Å². The molecule has 1 aromatic carbocycles. The third kappa shape index (κ3) is 5.88. The summed E-state index contributed by atoms with van der Waals surface area (Å²) in [6.45, 7) is 0.260. The van der Waals surface area contributed by atoms with E-state index in [1.807, 2.05) is 12.3 Å². The van der Waals surface area contributed by atoms with Crippen LogP contribution in [0, 0.1) is 0 Å². The molecule has 8 heteroatoms. The number of amides is 2. The maximum absolute atomic E-state index is 12.7. The Morgan fingerprint density at radius 1 is 1.14 bits per heavy atom. The number of carbonyl (C=O) groups is 2. The topological polar surface area (TPSA) is 89.5 Å². The van der Waals surface area contributed by atoms with E-state index in [9.17, 15) is 9.59 Å². The van der Waals surface area contributed by atoms with Gasteiger partial charge in [0.25, 0.3) is 5.91 Å². The Morgan fingerprint density at radius 3 is 2.64 bits per heavy atom. The summed E-state index contributed by atoms with van der Waals surface area (Å²) >= 11 is 1.61. The zero-order chi connectivity index (χ0) is 20.4. The minimum Gasteiger partial charge on any atom is -0.496 e. The van der Waals surface area contributed by atoms with Crippen LogP contribution in [0.2, 0.25) is 0 Å². The summed E-state index contributed by atoms with van der Waals surface area (Å²) in [7, 11) is 3.04. The predicted molar refractivity (Wildman–Crippen MR) is 110 cm³/mol. The number of para-hydroxylation sites is 1. The second-order valence-electron chi connectivity index (χ2n) is 5.90. The van der Waals surface area contributed by atoms with Gasteiger partial charge in [0.15, 0.2) is 0 Å². The summed E-state index contributed by atoms with van der Waals surface area (Å²) < 4.78 is 10.4. The number of pyridine rings is 1. The Kier molecular flexibility index (Phi) is 8.61. The molecule has 0 spiro atoms. The van der Waals surface area contributed by atoms with Crippen molar-refractivity contribution < 1.29 is 19.1 Å². The molecule has 150 valence electrons. The largest absolute Gasteiger partial charge is 0.496 e. The molecule has 0 aliphatic heterocycles. The van der Waals surface area contributed by atoms with Gasteiger partial charge in [0.1, 0.15) is 11.8 Å². The van der Waals surface area contributed by atoms with E-state index < -0.39 is 6.04 Å². The van der Waals surface area contributed by atoms with Crippen LogP contribution in [0.1, 0.15) is 22.3 Å². The van der Waals surface area contributed by atoms with Gasteiger partial charge in [-0.05, 0) is 36.6 Å². The van der Waals surface area contributed by atoms with Crippen LogP contribution < -0.4 is 20.1 Å². The van der Waals surface area contributed by atoms with Crippen molar-refractivity contribution in [1.82, 2.24) is 15.6 Å². The first-order chi connectivity index (χ1) is 13.6. The van der Waals surface area contributed by atoms with Gasteiger partial charge in [-0.3, -0.25) is 9.59 Å². The number of nitrogens with one attached hydrogen (secondary N) is 2. The van der Waals surface area contributed by atoms with Gasteiger partial charge in [-0.1, -0.05) is 18.2 Å². The van der Waals surface area contributed by atoms with E-state index in [0.29, 0.717) is 23.6 Å². The van der Waals surface area contributed by atoms with Gasteiger partial charge >= 0.3 is 0 Å². The SMILES string of the molecule is COc1ccccc1C(=O)NC(CCSC)C(=O)NCc1cccnc1OC. The van der Waals surface area contributed by atoms with E-state index in [0.717, 1.165) is 11.3 Å². The average Bonchev–Trinajstić information content (AvgIpc) is 2.74. The van der Waals surface area contributed by atoms with Crippen LogP contribution in [0.3, 0.4) is 0 Å². The smallest absolute Gasteiger partial charge is 0.255 e. The molecule has 28 heavy (non-hydrogen) atoms. The Hall–Kier alpha value is -2.74. The molecule has 0 saturated heterocycles. The summed E-state index contributed by atoms with van der Waals surface area (Å²) in [5.41, 5.74) is 1.15. The number of aromatic nitrogens is 1. The molecule has 7 nitrogen and oxygen atoms in total. The van der Waals surface area contributed by atoms with Crippen molar-refractivity contribution in [1.29, 1.82) is 0 Å². The van der Waals surface area contributed by atoms with Crippen LogP contribution in [0.25, 0.3) is 0 Å². The molecule has 0 bridgehead atoms. The molecule has 2 N–H and O–H groups in total. The second kappa shape index (κ2) is 11.2. The second-order valence-corrected chi connectivity index (χ2v) is 6.88. The Bertz CT molecular complexity index is 801. The first-order valence-corrected chi connectivity index (χ1v) is 10.2. The van der Waals surface area contributed by atoms with Crippen LogP contribution in [0.5, 0.6) is 11.6 Å². The summed E-state index contributed by atoms with van der Waals surface area (Å²) in [5, 5.41) is 5.67. The van der Waals surface area contributed by atoms with Crippen molar-refractivity contribution in [2.45, 2.75) is 19.0 Å². The molecule has 0 radical (unpaired) electrons. The number of carbonyl (C=O) groups excluding carboxylic acids is 2. The minimum atomic E-state index is -0.660. The highest BCUT2D eigenvalue weighted by Gasteiger charge is 2.22. The van der Waals surface area contributed by atoms with E-state index in [4.69, 9.17) is 9.47 Å². The monoisotopic (exact) mass is 403 g/mol. The molecule has 1 atom stereocenters. The van der Waals surface area contributed by atoms with Crippen LogP contribution in [-0.4, -0.2) is 49.1 Å². The number of hydrogen-bond acceptors (Lipinski definition) is 6. The normalized spacial score (nSPS) is 11.4. The fourth-order valence-corrected chi connectivity index (χ4v) is 3.09. The zero-order valence-electron chi connectivity index (χ0n) is 16.2. The van der Waals surface area contributed by atoms with Crippen molar-refractivity contribution >= 4 is 23.6 Å². The van der Waals surface area contributed by atoms with Gasteiger partial charge in [-0.25, -0.2) is 4.98 Å². The summed E-state index contributed by atoms with van der Waals surface area (Å²) in [6, 6.07) is 9.86. The minimum absolute atomic E-state index is 0.260. The van der Waals surface area contributed by atoms with Crippen LogP contribution >= 0.6 is 11.8 Å². The maximum Gasteiger partial charge on any atom is 0.255 e. The van der Waals surface area contributed by atoms with Crippen molar-refractivity contribution in [2.75, 3.05) is 26.2 Å². The van der Waals surface area contributed by atoms with Gasteiger partial charge < -0.3 is 20.1 Å². The molecular formula is C20H25N3O4S. The zero-order valence-corrected chi connectivity index (χ0v) is 17.0.